The van der Waals surface area contributed by atoms with E-state index in [-0.39, 0.29) is 23.9 Å². The standard InChI is InChI=1S/C17H25N3O2.ClH/c1-2-21-14(10-18-1)6-15-19-16(20-22-15)17-7-11-3-12(8-17)5-13(4-11)9-17;/h11-14,18H,1-10H2;1H. The van der Waals surface area contributed by atoms with E-state index in [9.17, 15) is 0 Å². The van der Waals surface area contributed by atoms with Crippen molar-refractivity contribution in [1.29, 1.82) is 0 Å². The topological polar surface area (TPSA) is 60.2 Å². The molecule has 1 unspecified atom stereocenters. The zero-order chi connectivity index (χ0) is 14.6. The van der Waals surface area contributed by atoms with Crippen molar-refractivity contribution in [1.82, 2.24) is 15.5 Å². The minimum atomic E-state index is 0. The quantitative estimate of drug-likeness (QED) is 0.916. The number of halogens is 1. The summed E-state index contributed by atoms with van der Waals surface area (Å²) in [5.41, 5.74) is 0.238. The van der Waals surface area contributed by atoms with Crippen LogP contribution in [0.25, 0.3) is 0 Å². The Morgan fingerprint density at radius 3 is 2.39 bits per heavy atom. The lowest BCUT2D eigenvalue weighted by Crippen LogP contribution is -2.49. The van der Waals surface area contributed by atoms with Crippen molar-refractivity contribution in [2.45, 2.75) is 56.5 Å². The van der Waals surface area contributed by atoms with Crippen LogP contribution in [0.1, 0.15) is 50.2 Å². The second-order valence-electron chi connectivity index (χ2n) is 8.11. The Hall–Kier alpha value is -0.650. The summed E-state index contributed by atoms with van der Waals surface area (Å²) in [6.45, 7) is 2.61. The average molecular weight is 340 g/mol. The van der Waals surface area contributed by atoms with Gasteiger partial charge in [0.15, 0.2) is 5.82 Å². The maximum absolute atomic E-state index is 5.75. The fourth-order valence-electron chi connectivity index (χ4n) is 5.88. The number of nitrogens with one attached hydrogen (secondary N) is 1. The molecule has 5 aliphatic rings. The fourth-order valence-corrected chi connectivity index (χ4v) is 5.88. The van der Waals surface area contributed by atoms with Crippen LogP contribution < -0.4 is 5.32 Å². The highest BCUT2D eigenvalue weighted by atomic mass is 35.5. The lowest BCUT2D eigenvalue weighted by Gasteiger charge is -2.55. The smallest absolute Gasteiger partial charge is 0.229 e. The highest BCUT2D eigenvalue weighted by molar-refractivity contribution is 5.85. The molecule has 6 heteroatoms. The Balaban J connectivity index is 0.00000135. The molecule has 0 spiro atoms. The fraction of sp³-hybridized carbons (Fsp3) is 0.882. The zero-order valence-electron chi connectivity index (χ0n) is 13.5. The SMILES string of the molecule is C1COC(Cc2nc(C34CC5CC(CC(C5)C3)C4)no2)CN1.Cl. The normalized spacial score (nSPS) is 41.7. The third-order valence-electron chi connectivity index (χ3n) is 6.39. The molecule has 4 aliphatic carbocycles. The molecule has 1 N–H and O–H groups in total. The molecule has 0 amide bonds. The molecule has 1 atom stereocenters. The lowest BCUT2D eigenvalue weighted by molar-refractivity contribution is -0.0103. The molecule has 1 saturated heterocycles. The second-order valence-corrected chi connectivity index (χ2v) is 8.11. The van der Waals surface area contributed by atoms with Gasteiger partial charge in [-0.15, -0.1) is 12.4 Å². The molecular weight excluding hydrogens is 314 g/mol. The van der Waals surface area contributed by atoms with E-state index in [0.717, 1.165) is 55.6 Å². The van der Waals surface area contributed by atoms with Crippen LogP contribution in [0.15, 0.2) is 4.52 Å². The Morgan fingerprint density at radius 1 is 1.09 bits per heavy atom. The van der Waals surface area contributed by atoms with Crippen molar-refractivity contribution >= 4 is 12.4 Å². The van der Waals surface area contributed by atoms with Crippen molar-refractivity contribution in [3.05, 3.63) is 11.7 Å². The molecule has 23 heavy (non-hydrogen) atoms. The van der Waals surface area contributed by atoms with Crippen LogP contribution in [0.4, 0.5) is 0 Å². The second kappa shape index (κ2) is 6.01. The van der Waals surface area contributed by atoms with E-state index in [1.807, 2.05) is 0 Å². The molecule has 2 heterocycles. The Bertz CT molecular complexity index is 521. The van der Waals surface area contributed by atoms with Gasteiger partial charge in [-0.2, -0.15) is 4.98 Å². The number of nitrogens with zero attached hydrogens (tertiary/aromatic N) is 2. The number of rotatable bonds is 3. The molecule has 128 valence electrons. The van der Waals surface area contributed by atoms with Gasteiger partial charge >= 0.3 is 0 Å². The summed E-state index contributed by atoms with van der Waals surface area (Å²) in [5.74, 6) is 4.52. The van der Waals surface area contributed by atoms with Gasteiger partial charge in [0.1, 0.15) is 0 Å². The van der Waals surface area contributed by atoms with Crippen LogP contribution in [0.5, 0.6) is 0 Å². The summed E-state index contributed by atoms with van der Waals surface area (Å²) in [6.07, 6.45) is 9.14. The average Bonchev–Trinajstić information content (AvgIpc) is 2.96. The van der Waals surface area contributed by atoms with Gasteiger partial charge in [0, 0.05) is 18.5 Å². The molecular formula is C17H26ClN3O2. The Labute approximate surface area is 143 Å². The predicted molar refractivity (Wildman–Crippen MR) is 87.7 cm³/mol. The summed E-state index contributed by atoms with van der Waals surface area (Å²) >= 11 is 0. The summed E-state index contributed by atoms with van der Waals surface area (Å²) in [4.78, 5) is 4.81. The first-order valence-electron chi connectivity index (χ1n) is 8.94. The number of morpholine rings is 1. The van der Waals surface area contributed by atoms with Crippen molar-refractivity contribution in [3.8, 4) is 0 Å². The third kappa shape index (κ3) is 2.81. The summed E-state index contributed by atoms with van der Waals surface area (Å²) in [6, 6.07) is 0. The minimum Gasteiger partial charge on any atom is -0.375 e. The van der Waals surface area contributed by atoms with Gasteiger partial charge in [0.2, 0.25) is 5.89 Å². The third-order valence-corrected chi connectivity index (χ3v) is 6.39. The molecule has 1 aliphatic heterocycles. The van der Waals surface area contributed by atoms with Crippen LogP contribution in [0.3, 0.4) is 0 Å². The minimum absolute atomic E-state index is 0. The Morgan fingerprint density at radius 2 is 1.78 bits per heavy atom. The van der Waals surface area contributed by atoms with Crippen molar-refractivity contribution in [2.75, 3.05) is 19.7 Å². The first kappa shape index (κ1) is 15.9. The van der Waals surface area contributed by atoms with Gasteiger partial charge in [0.25, 0.3) is 0 Å². The highest BCUT2D eigenvalue weighted by Gasteiger charge is 2.53. The van der Waals surface area contributed by atoms with E-state index in [1.165, 1.54) is 38.5 Å². The Kier molecular flexibility index (Phi) is 4.14. The van der Waals surface area contributed by atoms with E-state index in [0.29, 0.717) is 0 Å². The lowest BCUT2D eigenvalue weighted by atomic mass is 9.49. The molecule has 1 aromatic rings. The highest BCUT2D eigenvalue weighted by Crippen LogP contribution is 2.60. The van der Waals surface area contributed by atoms with Gasteiger partial charge in [-0.25, -0.2) is 0 Å². The van der Waals surface area contributed by atoms with Crippen molar-refractivity contribution in [2.24, 2.45) is 17.8 Å². The van der Waals surface area contributed by atoms with E-state index in [1.54, 1.807) is 0 Å². The van der Waals surface area contributed by atoms with Gasteiger partial charge < -0.3 is 14.6 Å². The van der Waals surface area contributed by atoms with Crippen molar-refractivity contribution in [3.63, 3.8) is 0 Å². The number of hydrogen-bond donors (Lipinski definition) is 1. The number of ether oxygens (including phenoxy) is 1. The molecule has 1 aromatic heterocycles. The zero-order valence-corrected chi connectivity index (χ0v) is 14.3. The van der Waals surface area contributed by atoms with Crippen LogP contribution in [0.2, 0.25) is 0 Å². The van der Waals surface area contributed by atoms with E-state index in [2.05, 4.69) is 10.5 Å². The number of hydrogen-bond acceptors (Lipinski definition) is 5. The van der Waals surface area contributed by atoms with Crippen LogP contribution in [0, 0.1) is 17.8 Å². The summed E-state index contributed by atoms with van der Waals surface area (Å²) in [7, 11) is 0. The summed E-state index contributed by atoms with van der Waals surface area (Å²) < 4.78 is 11.3. The summed E-state index contributed by atoms with van der Waals surface area (Å²) in [5, 5.41) is 7.77. The molecule has 0 aromatic carbocycles. The molecule has 4 saturated carbocycles. The largest absolute Gasteiger partial charge is 0.375 e. The van der Waals surface area contributed by atoms with Crippen LogP contribution in [-0.2, 0) is 16.6 Å². The van der Waals surface area contributed by atoms with E-state index < -0.39 is 0 Å². The predicted octanol–water partition coefficient (Wildman–Crippen LogP) is 2.49. The molecule has 5 fully saturated rings. The van der Waals surface area contributed by atoms with Crippen LogP contribution in [-0.4, -0.2) is 35.9 Å². The first-order chi connectivity index (χ1) is 10.8. The van der Waals surface area contributed by atoms with Gasteiger partial charge in [-0.05, 0) is 56.3 Å². The maximum atomic E-state index is 5.75. The van der Waals surface area contributed by atoms with E-state index >= 15 is 0 Å². The molecule has 5 nitrogen and oxygen atoms in total. The monoisotopic (exact) mass is 339 g/mol. The molecule has 6 rings (SSSR count). The first-order valence-corrected chi connectivity index (χ1v) is 8.94. The van der Waals surface area contributed by atoms with Gasteiger partial charge in [-0.1, -0.05) is 5.16 Å². The van der Waals surface area contributed by atoms with Crippen molar-refractivity contribution < 1.29 is 9.26 Å². The molecule has 4 bridgehead atoms. The molecule has 0 radical (unpaired) electrons. The van der Waals surface area contributed by atoms with Gasteiger partial charge in [-0.3, -0.25) is 0 Å². The van der Waals surface area contributed by atoms with Gasteiger partial charge in [0.05, 0.1) is 19.1 Å². The maximum Gasteiger partial charge on any atom is 0.229 e. The van der Waals surface area contributed by atoms with Crippen LogP contribution >= 0.6 is 12.4 Å². The number of aromatic nitrogens is 2. The van der Waals surface area contributed by atoms with E-state index in [4.69, 9.17) is 14.2 Å².